The molecule has 0 amide bonds. The van der Waals surface area contributed by atoms with Crippen molar-refractivity contribution in [2.24, 2.45) is 5.92 Å². The van der Waals surface area contributed by atoms with Crippen LogP contribution < -0.4 is 5.32 Å². The lowest BCUT2D eigenvalue weighted by Gasteiger charge is -2.22. The van der Waals surface area contributed by atoms with Crippen molar-refractivity contribution in [3.63, 3.8) is 0 Å². The summed E-state index contributed by atoms with van der Waals surface area (Å²) in [4.78, 5) is 0. The second-order valence-electron chi connectivity index (χ2n) is 4.71. The Hall–Kier alpha value is -1.04. The summed E-state index contributed by atoms with van der Waals surface area (Å²) >= 11 is 5.87. The van der Waals surface area contributed by atoms with E-state index >= 15 is 0 Å². The number of nitrogens with zero attached hydrogens (tertiary/aromatic N) is 1. The van der Waals surface area contributed by atoms with Gasteiger partial charge in [-0.1, -0.05) is 30.2 Å². The molecule has 3 atom stereocenters. The van der Waals surface area contributed by atoms with Crippen LogP contribution in [0.5, 0.6) is 0 Å². The minimum Gasteiger partial charge on any atom is -0.306 e. The molecule has 0 heterocycles. The van der Waals surface area contributed by atoms with Crippen LogP contribution in [0.15, 0.2) is 24.3 Å². The molecule has 2 rings (SSSR count). The predicted octanol–water partition coefficient (Wildman–Crippen LogP) is 3.68. The predicted molar refractivity (Wildman–Crippen MR) is 69.7 cm³/mol. The van der Waals surface area contributed by atoms with Crippen molar-refractivity contribution in [2.45, 2.75) is 38.3 Å². The maximum Gasteiger partial charge on any atom is 0.0672 e. The molecule has 0 aliphatic heterocycles. The smallest absolute Gasteiger partial charge is 0.0672 e. The van der Waals surface area contributed by atoms with Gasteiger partial charge < -0.3 is 5.32 Å². The van der Waals surface area contributed by atoms with E-state index in [1.165, 1.54) is 5.56 Å². The molecule has 2 nitrogen and oxygen atoms in total. The van der Waals surface area contributed by atoms with Gasteiger partial charge in [-0.2, -0.15) is 5.26 Å². The molecule has 1 aliphatic carbocycles. The summed E-state index contributed by atoms with van der Waals surface area (Å²) in [5.74, 6) is 0.171. The first-order valence-electron chi connectivity index (χ1n) is 6.12. The van der Waals surface area contributed by atoms with Crippen molar-refractivity contribution in [3.05, 3.63) is 34.9 Å². The van der Waals surface area contributed by atoms with Gasteiger partial charge in [0.25, 0.3) is 0 Å². The third-order valence-electron chi connectivity index (χ3n) is 3.52. The van der Waals surface area contributed by atoms with Gasteiger partial charge in [0.2, 0.25) is 0 Å². The molecule has 1 N–H and O–H groups in total. The zero-order valence-corrected chi connectivity index (χ0v) is 10.7. The average molecular weight is 249 g/mol. The lowest BCUT2D eigenvalue weighted by Crippen LogP contribution is -2.33. The van der Waals surface area contributed by atoms with Crippen LogP contribution in [0.3, 0.4) is 0 Å². The van der Waals surface area contributed by atoms with Crippen LogP contribution in [0, 0.1) is 17.2 Å². The highest BCUT2D eigenvalue weighted by Gasteiger charge is 2.28. The lowest BCUT2D eigenvalue weighted by atomic mass is 10.0. The van der Waals surface area contributed by atoms with Gasteiger partial charge in [0.15, 0.2) is 0 Å². The Bertz CT molecular complexity index is 407. The van der Waals surface area contributed by atoms with Gasteiger partial charge in [-0.3, -0.25) is 0 Å². The molecule has 0 aromatic heterocycles. The van der Waals surface area contributed by atoms with Crippen LogP contribution in [0.25, 0.3) is 0 Å². The highest BCUT2D eigenvalue weighted by molar-refractivity contribution is 6.30. The Labute approximate surface area is 108 Å². The van der Waals surface area contributed by atoms with Crippen LogP contribution in [0.4, 0.5) is 0 Å². The van der Waals surface area contributed by atoms with Gasteiger partial charge in [0, 0.05) is 17.1 Å². The van der Waals surface area contributed by atoms with E-state index in [9.17, 15) is 0 Å². The van der Waals surface area contributed by atoms with E-state index in [1.807, 2.05) is 24.3 Å². The van der Waals surface area contributed by atoms with Crippen LogP contribution in [-0.4, -0.2) is 6.04 Å². The Balaban J connectivity index is 1.99. The van der Waals surface area contributed by atoms with Crippen molar-refractivity contribution >= 4 is 11.6 Å². The monoisotopic (exact) mass is 248 g/mol. The fourth-order valence-electron chi connectivity index (χ4n) is 2.48. The second-order valence-corrected chi connectivity index (χ2v) is 5.15. The average Bonchev–Trinajstić information content (AvgIpc) is 2.77. The molecule has 0 radical (unpaired) electrons. The van der Waals surface area contributed by atoms with Gasteiger partial charge in [0.1, 0.15) is 0 Å². The summed E-state index contributed by atoms with van der Waals surface area (Å²) in [7, 11) is 0. The highest BCUT2D eigenvalue weighted by Crippen LogP contribution is 2.27. The number of halogens is 1. The number of benzene rings is 1. The minimum atomic E-state index is 0.171. The fraction of sp³-hybridized carbons (Fsp3) is 0.500. The van der Waals surface area contributed by atoms with Crippen molar-refractivity contribution in [2.75, 3.05) is 0 Å². The Morgan fingerprint density at radius 2 is 2.06 bits per heavy atom. The van der Waals surface area contributed by atoms with Crippen LogP contribution in [0.1, 0.15) is 37.8 Å². The number of hydrogen-bond acceptors (Lipinski definition) is 2. The van der Waals surface area contributed by atoms with Gasteiger partial charge >= 0.3 is 0 Å². The molecular weight excluding hydrogens is 232 g/mol. The van der Waals surface area contributed by atoms with Crippen LogP contribution >= 0.6 is 11.6 Å². The third-order valence-corrected chi connectivity index (χ3v) is 3.77. The summed E-state index contributed by atoms with van der Waals surface area (Å²) in [6.07, 6.45) is 3.29. The second kappa shape index (κ2) is 5.53. The van der Waals surface area contributed by atoms with E-state index in [4.69, 9.17) is 16.9 Å². The van der Waals surface area contributed by atoms with E-state index in [-0.39, 0.29) is 12.0 Å². The number of nitrogens with one attached hydrogen (secondary N) is 1. The summed E-state index contributed by atoms with van der Waals surface area (Å²) < 4.78 is 0. The summed E-state index contributed by atoms with van der Waals surface area (Å²) in [6.45, 7) is 2.13. The number of rotatable bonds is 3. The zero-order chi connectivity index (χ0) is 12.3. The molecule has 1 saturated carbocycles. The maximum absolute atomic E-state index is 9.05. The van der Waals surface area contributed by atoms with Crippen LogP contribution in [0.2, 0.25) is 5.02 Å². The van der Waals surface area contributed by atoms with E-state index in [2.05, 4.69) is 18.3 Å². The van der Waals surface area contributed by atoms with E-state index in [0.29, 0.717) is 6.04 Å². The molecule has 2 unspecified atom stereocenters. The molecule has 1 aliphatic rings. The maximum atomic E-state index is 9.05. The molecule has 1 aromatic rings. The van der Waals surface area contributed by atoms with Gasteiger partial charge in [-0.25, -0.2) is 0 Å². The molecular formula is C14H17ClN2. The first kappa shape index (κ1) is 12.4. The standard InChI is InChI=1S/C14H17ClN2/c1-10(11-5-7-13(15)8-6-11)17-14-4-2-3-12(14)9-16/h5-8,10,12,14,17H,2-4H2,1H3/t10-,12?,14?/m1/s1. The molecule has 0 spiro atoms. The molecule has 0 bridgehead atoms. The van der Waals surface area contributed by atoms with Crippen molar-refractivity contribution in [3.8, 4) is 6.07 Å². The molecule has 1 fully saturated rings. The molecule has 1 aromatic carbocycles. The topological polar surface area (TPSA) is 35.8 Å². The molecule has 17 heavy (non-hydrogen) atoms. The van der Waals surface area contributed by atoms with E-state index in [0.717, 1.165) is 24.3 Å². The summed E-state index contributed by atoms with van der Waals surface area (Å²) in [5.41, 5.74) is 1.22. The summed E-state index contributed by atoms with van der Waals surface area (Å²) in [6, 6.07) is 10.9. The molecule has 0 saturated heterocycles. The number of hydrogen-bond donors (Lipinski definition) is 1. The lowest BCUT2D eigenvalue weighted by molar-refractivity contribution is 0.417. The van der Waals surface area contributed by atoms with E-state index in [1.54, 1.807) is 0 Å². The van der Waals surface area contributed by atoms with Gasteiger partial charge in [0.05, 0.1) is 12.0 Å². The largest absolute Gasteiger partial charge is 0.306 e. The van der Waals surface area contributed by atoms with Gasteiger partial charge in [-0.05, 0) is 37.5 Å². The fourth-order valence-corrected chi connectivity index (χ4v) is 2.61. The normalized spacial score (nSPS) is 25.5. The van der Waals surface area contributed by atoms with Gasteiger partial charge in [-0.15, -0.1) is 0 Å². The van der Waals surface area contributed by atoms with Crippen molar-refractivity contribution in [1.29, 1.82) is 5.26 Å². The summed E-state index contributed by atoms with van der Waals surface area (Å²) in [5, 5.41) is 13.4. The minimum absolute atomic E-state index is 0.171. The first-order valence-corrected chi connectivity index (χ1v) is 6.49. The van der Waals surface area contributed by atoms with E-state index < -0.39 is 0 Å². The zero-order valence-electron chi connectivity index (χ0n) is 9.99. The molecule has 3 heteroatoms. The third kappa shape index (κ3) is 3.00. The van der Waals surface area contributed by atoms with Crippen molar-refractivity contribution in [1.82, 2.24) is 5.32 Å². The Morgan fingerprint density at radius 3 is 2.71 bits per heavy atom. The van der Waals surface area contributed by atoms with Crippen LogP contribution in [-0.2, 0) is 0 Å². The first-order chi connectivity index (χ1) is 8.20. The van der Waals surface area contributed by atoms with Crippen molar-refractivity contribution < 1.29 is 0 Å². The molecule has 90 valence electrons. The Morgan fingerprint density at radius 1 is 1.35 bits per heavy atom. The number of nitriles is 1. The Kier molecular flexibility index (Phi) is 4.04. The SMILES string of the molecule is C[C@@H](NC1CCCC1C#N)c1ccc(Cl)cc1. The quantitative estimate of drug-likeness (QED) is 0.886. The highest BCUT2D eigenvalue weighted by atomic mass is 35.5.